The van der Waals surface area contributed by atoms with Gasteiger partial charge in [-0.25, -0.2) is 0 Å². The van der Waals surface area contributed by atoms with Crippen LogP contribution in [-0.2, 0) is 6.54 Å². The molecule has 1 saturated heterocycles. The van der Waals surface area contributed by atoms with E-state index >= 15 is 0 Å². The van der Waals surface area contributed by atoms with Crippen LogP contribution in [0.3, 0.4) is 0 Å². The van der Waals surface area contributed by atoms with E-state index < -0.39 is 0 Å². The van der Waals surface area contributed by atoms with Crippen LogP contribution in [0.25, 0.3) is 0 Å². The molecule has 4 heteroatoms. The highest BCUT2D eigenvalue weighted by Gasteiger charge is 2.20. The van der Waals surface area contributed by atoms with Crippen molar-refractivity contribution in [3.63, 3.8) is 0 Å². The molecule has 0 bridgehead atoms. The highest BCUT2D eigenvalue weighted by molar-refractivity contribution is 5.51. The van der Waals surface area contributed by atoms with E-state index in [9.17, 15) is 0 Å². The fourth-order valence-electron chi connectivity index (χ4n) is 2.23. The number of hydrogen-bond donors (Lipinski definition) is 2. The van der Waals surface area contributed by atoms with E-state index in [1.165, 1.54) is 0 Å². The van der Waals surface area contributed by atoms with Crippen molar-refractivity contribution in [2.45, 2.75) is 19.4 Å². The molecule has 16 heavy (non-hydrogen) atoms. The molecule has 0 unspecified atom stereocenters. The minimum atomic E-state index is 0.310. The van der Waals surface area contributed by atoms with Crippen LogP contribution in [0.15, 0.2) is 18.5 Å². The number of rotatable bonds is 3. The summed E-state index contributed by atoms with van der Waals surface area (Å²) in [5.74, 6) is 0.467. The first-order valence-electron chi connectivity index (χ1n) is 5.84. The first-order chi connectivity index (χ1) is 7.85. The lowest BCUT2D eigenvalue weighted by Crippen LogP contribution is -2.35. The average molecular weight is 221 g/mol. The first-order valence-corrected chi connectivity index (χ1v) is 5.84. The second kappa shape index (κ2) is 5.27. The van der Waals surface area contributed by atoms with E-state index in [1.807, 2.05) is 12.3 Å². The van der Waals surface area contributed by atoms with Gasteiger partial charge in [-0.15, -0.1) is 0 Å². The smallest absolute Gasteiger partial charge is 0.0598 e. The van der Waals surface area contributed by atoms with Gasteiger partial charge in [0.2, 0.25) is 0 Å². The second-order valence-electron chi connectivity index (χ2n) is 4.32. The monoisotopic (exact) mass is 221 g/mol. The van der Waals surface area contributed by atoms with Crippen LogP contribution in [-0.4, -0.2) is 29.8 Å². The Balaban J connectivity index is 2.07. The maximum Gasteiger partial charge on any atom is 0.0598 e. The molecular formula is C12H19N3O. The fourth-order valence-corrected chi connectivity index (χ4v) is 2.23. The van der Waals surface area contributed by atoms with Crippen molar-refractivity contribution in [3.8, 4) is 0 Å². The Morgan fingerprint density at radius 1 is 1.44 bits per heavy atom. The first kappa shape index (κ1) is 11.4. The summed E-state index contributed by atoms with van der Waals surface area (Å²) in [5.41, 5.74) is 8.02. The molecule has 0 atom stereocenters. The molecule has 1 fully saturated rings. The molecule has 0 amide bonds. The maximum atomic E-state index is 9.10. The van der Waals surface area contributed by atoms with E-state index in [-0.39, 0.29) is 0 Å². The summed E-state index contributed by atoms with van der Waals surface area (Å²) >= 11 is 0. The van der Waals surface area contributed by atoms with Crippen LogP contribution in [0, 0.1) is 5.92 Å². The van der Waals surface area contributed by atoms with E-state index in [2.05, 4.69) is 9.88 Å². The Labute approximate surface area is 96.1 Å². The standard InChI is InChI=1S/C12H19N3O/c13-7-11-1-4-14-8-12(11)15-5-2-10(9-16)3-6-15/h1,4,8,10,16H,2-3,5-7,9,13H2. The van der Waals surface area contributed by atoms with Gasteiger partial charge in [-0.2, -0.15) is 0 Å². The number of nitrogens with two attached hydrogens (primary N) is 1. The highest BCUT2D eigenvalue weighted by Crippen LogP contribution is 2.25. The molecule has 0 spiro atoms. The largest absolute Gasteiger partial charge is 0.396 e. The number of aliphatic hydroxyl groups is 1. The number of hydrogen-bond acceptors (Lipinski definition) is 4. The van der Waals surface area contributed by atoms with E-state index in [4.69, 9.17) is 10.8 Å². The molecule has 0 radical (unpaired) electrons. The minimum Gasteiger partial charge on any atom is -0.396 e. The number of anilines is 1. The molecule has 0 aromatic carbocycles. The van der Waals surface area contributed by atoms with Crippen LogP contribution in [0.1, 0.15) is 18.4 Å². The fraction of sp³-hybridized carbons (Fsp3) is 0.583. The van der Waals surface area contributed by atoms with Gasteiger partial charge in [0, 0.05) is 32.4 Å². The number of aromatic nitrogens is 1. The van der Waals surface area contributed by atoms with Crippen LogP contribution in [0.5, 0.6) is 0 Å². The van der Waals surface area contributed by atoms with Crippen molar-refractivity contribution in [1.82, 2.24) is 4.98 Å². The lowest BCUT2D eigenvalue weighted by Gasteiger charge is -2.33. The Kier molecular flexibility index (Phi) is 3.74. The molecule has 2 rings (SSSR count). The van der Waals surface area contributed by atoms with Crippen LogP contribution >= 0.6 is 0 Å². The van der Waals surface area contributed by atoms with Gasteiger partial charge in [0.15, 0.2) is 0 Å². The maximum absolute atomic E-state index is 9.10. The van der Waals surface area contributed by atoms with E-state index in [1.54, 1.807) is 6.20 Å². The molecule has 1 aliphatic rings. The van der Waals surface area contributed by atoms with Crippen molar-refractivity contribution in [2.24, 2.45) is 11.7 Å². The molecule has 1 aromatic heterocycles. The van der Waals surface area contributed by atoms with Crippen molar-refractivity contribution in [1.29, 1.82) is 0 Å². The molecule has 0 aliphatic carbocycles. The summed E-state index contributed by atoms with van der Waals surface area (Å²) < 4.78 is 0. The zero-order chi connectivity index (χ0) is 11.4. The van der Waals surface area contributed by atoms with Gasteiger partial charge in [-0.05, 0) is 30.4 Å². The normalized spacial score (nSPS) is 17.8. The van der Waals surface area contributed by atoms with Gasteiger partial charge in [-0.1, -0.05) is 0 Å². The van der Waals surface area contributed by atoms with Gasteiger partial charge >= 0.3 is 0 Å². The third-order valence-electron chi connectivity index (χ3n) is 3.32. The quantitative estimate of drug-likeness (QED) is 0.790. The van der Waals surface area contributed by atoms with Crippen LogP contribution < -0.4 is 10.6 Å². The Morgan fingerprint density at radius 2 is 2.19 bits per heavy atom. The molecule has 0 saturated carbocycles. The Morgan fingerprint density at radius 3 is 2.81 bits per heavy atom. The lowest BCUT2D eigenvalue weighted by molar-refractivity contribution is 0.203. The number of pyridine rings is 1. The van der Waals surface area contributed by atoms with Crippen LogP contribution in [0.4, 0.5) is 5.69 Å². The molecule has 3 N–H and O–H groups in total. The van der Waals surface area contributed by atoms with Crippen LogP contribution in [0.2, 0.25) is 0 Å². The van der Waals surface area contributed by atoms with E-state index in [0.717, 1.165) is 37.2 Å². The van der Waals surface area contributed by atoms with Gasteiger partial charge in [-0.3, -0.25) is 4.98 Å². The molecule has 4 nitrogen and oxygen atoms in total. The Bertz CT molecular complexity index is 335. The summed E-state index contributed by atoms with van der Waals surface area (Å²) in [5, 5.41) is 9.10. The molecule has 88 valence electrons. The Hall–Kier alpha value is -1.13. The van der Waals surface area contributed by atoms with Crippen molar-refractivity contribution >= 4 is 5.69 Å². The van der Waals surface area contributed by atoms with Crippen molar-refractivity contribution in [3.05, 3.63) is 24.0 Å². The summed E-state index contributed by atoms with van der Waals surface area (Å²) in [6.45, 7) is 2.84. The molecular weight excluding hydrogens is 202 g/mol. The zero-order valence-electron chi connectivity index (χ0n) is 9.47. The zero-order valence-corrected chi connectivity index (χ0v) is 9.47. The molecule has 2 heterocycles. The molecule has 1 aromatic rings. The van der Waals surface area contributed by atoms with Crippen molar-refractivity contribution < 1.29 is 5.11 Å². The third kappa shape index (κ3) is 2.33. The number of aliphatic hydroxyl groups excluding tert-OH is 1. The highest BCUT2D eigenvalue weighted by atomic mass is 16.3. The minimum absolute atomic E-state index is 0.310. The average Bonchev–Trinajstić information content (AvgIpc) is 2.39. The summed E-state index contributed by atoms with van der Waals surface area (Å²) in [7, 11) is 0. The topological polar surface area (TPSA) is 62.4 Å². The second-order valence-corrected chi connectivity index (χ2v) is 4.32. The van der Waals surface area contributed by atoms with Gasteiger partial charge in [0.25, 0.3) is 0 Å². The third-order valence-corrected chi connectivity index (χ3v) is 3.32. The number of piperidine rings is 1. The van der Waals surface area contributed by atoms with Gasteiger partial charge in [0.1, 0.15) is 0 Å². The number of nitrogens with zero attached hydrogens (tertiary/aromatic N) is 2. The molecule has 1 aliphatic heterocycles. The SMILES string of the molecule is NCc1ccncc1N1CCC(CO)CC1. The van der Waals surface area contributed by atoms with Crippen molar-refractivity contribution in [2.75, 3.05) is 24.6 Å². The predicted molar refractivity (Wildman–Crippen MR) is 64.2 cm³/mol. The van der Waals surface area contributed by atoms with Gasteiger partial charge < -0.3 is 15.7 Å². The van der Waals surface area contributed by atoms with E-state index in [0.29, 0.717) is 19.1 Å². The summed E-state index contributed by atoms with van der Waals surface area (Å²) in [6.07, 6.45) is 5.78. The summed E-state index contributed by atoms with van der Waals surface area (Å²) in [6, 6.07) is 1.98. The predicted octanol–water partition coefficient (Wildman–Crippen LogP) is 0.749. The van der Waals surface area contributed by atoms with Gasteiger partial charge in [0.05, 0.1) is 11.9 Å². The summed E-state index contributed by atoms with van der Waals surface area (Å²) in [4.78, 5) is 6.48. The lowest BCUT2D eigenvalue weighted by atomic mass is 9.97.